The van der Waals surface area contributed by atoms with Gasteiger partial charge in [-0.15, -0.1) is 11.8 Å². The van der Waals surface area contributed by atoms with E-state index in [-0.39, 0.29) is 12.2 Å². The monoisotopic (exact) mass is 807 g/mol. The molecule has 0 unspecified atom stereocenters. The van der Waals surface area contributed by atoms with E-state index in [1.165, 1.54) is 11.3 Å². The third-order valence-electron chi connectivity index (χ3n) is 9.32. The van der Waals surface area contributed by atoms with E-state index in [2.05, 4.69) is 63.0 Å². The average molecular weight is 809 g/mol. The molecule has 8 rings (SSSR count). The summed E-state index contributed by atoms with van der Waals surface area (Å²) in [5, 5.41) is 0. The summed E-state index contributed by atoms with van der Waals surface area (Å²) in [5.41, 5.74) is 8.00. The van der Waals surface area contributed by atoms with E-state index in [9.17, 15) is 9.59 Å². The molecule has 0 amide bonds. The molecular weight excluding hydrogens is 775 g/mol. The molecule has 7 aromatic rings. The summed E-state index contributed by atoms with van der Waals surface area (Å²) in [4.78, 5) is 35.5. The van der Waals surface area contributed by atoms with Gasteiger partial charge in [0.1, 0.15) is 0 Å². The van der Waals surface area contributed by atoms with Gasteiger partial charge in [-0.1, -0.05) is 130 Å². The fraction of sp³-hybridized carbons (Fsp3) is 0.0889. The lowest BCUT2D eigenvalue weighted by molar-refractivity contribution is -0.138. The van der Waals surface area contributed by atoms with Crippen LogP contribution in [0.5, 0.6) is 0 Å². The van der Waals surface area contributed by atoms with Crippen LogP contribution in [0, 0.1) is 0 Å². The first-order valence-corrected chi connectivity index (χ1v) is 20.3. The van der Waals surface area contributed by atoms with Crippen LogP contribution < -0.4 is 14.9 Å². The highest BCUT2D eigenvalue weighted by molar-refractivity contribution is 9.10. The molecule has 0 spiro atoms. The van der Waals surface area contributed by atoms with Gasteiger partial charge in [0.25, 0.3) is 5.56 Å². The van der Waals surface area contributed by atoms with E-state index in [1.54, 1.807) is 23.3 Å². The maximum Gasteiger partial charge on any atom is 0.338 e. The molecule has 3 heterocycles. The molecule has 5 aromatic carbocycles. The van der Waals surface area contributed by atoms with Gasteiger partial charge in [-0.2, -0.15) is 0 Å². The highest BCUT2D eigenvalue weighted by atomic mass is 79.9. The van der Waals surface area contributed by atoms with Gasteiger partial charge in [-0.25, -0.2) is 9.79 Å². The van der Waals surface area contributed by atoms with Gasteiger partial charge in [0.05, 0.1) is 39.8 Å². The van der Waals surface area contributed by atoms with Crippen molar-refractivity contribution < 1.29 is 9.53 Å². The summed E-state index contributed by atoms with van der Waals surface area (Å²) in [6, 6.07) is 47.8. The normalized spacial score (nSPS) is 14.1. The van der Waals surface area contributed by atoms with Crippen LogP contribution in [0.4, 0.5) is 0 Å². The van der Waals surface area contributed by atoms with Gasteiger partial charge < -0.3 is 9.30 Å². The van der Waals surface area contributed by atoms with E-state index in [1.807, 2.05) is 115 Å². The molecule has 2 aromatic heterocycles. The number of thioether (sulfide) groups is 1. The lowest BCUT2D eigenvalue weighted by Crippen LogP contribution is -2.40. The van der Waals surface area contributed by atoms with E-state index in [4.69, 9.17) is 9.73 Å². The van der Waals surface area contributed by atoms with Crippen LogP contribution in [0.25, 0.3) is 40.0 Å². The summed E-state index contributed by atoms with van der Waals surface area (Å²) in [7, 11) is 0. The smallest absolute Gasteiger partial charge is 0.338 e. The van der Waals surface area contributed by atoms with Gasteiger partial charge in [-0.3, -0.25) is 9.36 Å². The van der Waals surface area contributed by atoms with Crippen molar-refractivity contribution in [3.63, 3.8) is 0 Å². The number of ether oxygens (including phenoxy) is 1. The zero-order chi connectivity index (χ0) is 37.2. The van der Waals surface area contributed by atoms with Gasteiger partial charge in [0, 0.05) is 26.2 Å². The molecule has 1 atom stereocenters. The highest BCUT2D eigenvalue weighted by Gasteiger charge is 2.35. The van der Waals surface area contributed by atoms with Crippen molar-refractivity contribution >= 4 is 56.8 Å². The quantitative estimate of drug-likeness (QED) is 0.108. The largest absolute Gasteiger partial charge is 0.463 e. The van der Waals surface area contributed by atoms with E-state index < -0.39 is 12.0 Å². The van der Waals surface area contributed by atoms with Gasteiger partial charge in [-0.05, 0) is 78.4 Å². The molecule has 266 valence electrons. The highest BCUT2D eigenvalue weighted by Crippen LogP contribution is 2.38. The number of hydrogen-bond acceptors (Lipinski definition) is 6. The minimum atomic E-state index is -0.755. The Balaban J connectivity index is 1.42. The molecule has 54 heavy (non-hydrogen) atoms. The van der Waals surface area contributed by atoms with Crippen LogP contribution in [0.2, 0.25) is 0 Å². The first-order valence-electron chi connectivity index (χ1n) is 17.5. The standard InChI is InChI=1S/C45H34BrN3O3S2/c1-3-52-44(51)39-40(30-15-9-5-10-16-30)47-45-49(42(39)32-19-25-36(53-2)26-20-32)43(50)38(54-45)28-33-27-37(29-13-7-4-8-14-29)48(35-23-21-34(46)22-24-35)41(33)31-17-11-6-12-18-31/h4-28,42H,3H2,1-2H3/b38-28-/t42-/m1/s1. The second-order valence-corrected chi connectivity index (χ2v) is 15.4. The number of nitrogens with zero attached hydrogens (tertiary/aromatic N) is 3. The Kier molecular flexibility index (Phi) is 10.2. The minimum absolute atomic E-state index is 0.189. The Morgan fingerprint density at radius 2 is 1.44 bits per heavy atom. The second-order valence-electron chi connectivity index (χ2n) is 12.6. The van der Waals surface area contributed by atoms with Crippen LogP contribution in [0.1, 0.15) is 29.7 Å². The van der Waals surface area contributed by atoms with Crippen molar-refractivity contribution in [1.82, 2.24) is 9.13 Å². The Morgan fingerprint density at radius 3 is 2.06 bits per heavy atom. The number of carbonyl (C=O) groups excluding carboxylic acids is 1. The van der Waals surface area contributed by atoms with Crippen LogP contribution in [-0.2, 0) is 9.53 Å². The first-order chi connectivity index (χ1) is 26.4. The Labute approximate surface area is 329 Å². The molecular formula is C45H34BrN3O3S2. The van der Waals surface area contributed by atoms with Crippen molar-refractivity contribution in [2.45, 2.75) is 17.9 Å². The fourth-order valence-corrected chi connectivity index (χ4v) is 8.56. The lowest BCUT2D eigenvalue weighted by Gasteiger charge is -2.26. The van der Waals surface area contributed by atoms with Gasteiger partial charge in [0.2, 0.25) is 0 Å². The van der Waals surface area contributed by atoms with Crippen molar-refractivity contribution in [3.05, 3.63) is 192 Å². The molecule has 1 aliphatic rings. The number of esters is 1. The summed E-state index contributed by atoms with van der Waals surface area (Å²) >= 11 is 6.56. The summed E-state index contributed by atoms with van der Waals surface area (Å²) in [6.45, 7) is 1.97. The first kappa shape index (κ1) is 35.5. The van der Waals surface area contributed by atoms with Crippen molar-refractivity contribution in [2.24, 2.45) is 4.99 Å². The molecule has 6 nitrogen and oxygen atoms in total. The molecule has 0 saturated carbocycles. The predicted molar refractivity (Wildman–Crippen MR) is 224 cm³/mol. The number of fused-ring (bicyclic) bond motifs is 1. The van der Waals surface area contributed by atoms with Crippen LogP contribution in [0.3, 0.4) is 0 Å². The molecule has 0 bridgehead atoms. The topological polar surface area (TPSA) is 65.6 Å². The minimum Gasteiger partial charge on any atom is -0.463 e. The summed E-state index contributed by atoms with van der Waals surface area (Å²) in [5.74, 6) is -0.501. The maximum atomic E-state index is 14.9. The third-order valence-corrected chi connectivity index (χ3v) is 11.6. The lowest BCUT2D eigenvalue weighted by atomic mass is 9.93. The zero-order valence-electron chi connectivity index (χ0n) is 29.5. The molecule has 0 aliphatic carbocycles. The number of thiazole rings is 1. The Bertz CT molecular complexity index is 2680. The van der Waals surface area contributed by atoms with Crippen molar-refractivity contribution in [3.8, 4) is 28.2 Å². The zero-order valence-corrected chi connectivity index (χ0v) is 32.7. The fourth-order valence-electron chi connectivity index (χ4n) is 6.89. The van der Waals surface area contributed by atoms with E-state index in [0.29, 0.717) is 20.6 Å². The number of rotatable bonds is 9. The number of benzene rings is 5. The van der Waals surface area contributed by atoms with E-state index >= 15 is 0 Å². The molecule has 0 fully saturated rings. The summed E-state index contributed by atoms with van der Waals surface area (Å²) < 4.78 is 11.1. The maximum absolute atomic E-state index is 14.9. The second kappa shape index (κ2) is 15.5. The van der Waals surface area contributed by atoms with Crippen molar-refractivity contribution in [2.75, 3.05) is 12.9 Å². The number of carbonyl (C=O) groups is 1. The SMILES string of the molecule is CCOC(=O)C1=C(c2ccccc2)N=c2s/c(=C\c3cc(-c4ccccc4)n(-c4ccc(Br)cc4)c3-c3ccccc3)c(=O)n2[C@@H]1c1ccc(SC)cc1. The van der Waals surface area contributed by atoms with Gasteiger partial charge in [0.15, 0.2) is 4.80 Å². The van der Waals surface area contributed by atoms with Crippen molar-refractivity contribution in [1.29, 1.82) is 0 Å². The molecule has 1 aliphatic heterocycles. The Hall–Kier alpha value is -5.48. The van der Waals surface area contributed by atoms with Crippen LogP contribution >= 0.6 is 39.0 Å². The van der Waals surface area contributed by atoms with Crippen LogP contribution in [-0.4, -0.2) is 28.0 Å². The Morgan fingerprint density at radius 1 is 0.833 bits per heavy atom. The summed E-state index contributed by atoms with van der Waals surface area (Å²) in [6.07, 6.45) is 3.99. The number of halogens is 1. The molecule has 0 saturated heterocycles. The average Bonchev–Trinajstić information content (AvgIpc) is 3.75. The predicted octanol–water partition coefficient (Wildman–Crippen LogP) is 9.54. The van der Waals surface area contributed by atoms with E-state index in [0.717, 1.165) is 54.3 Å². The molecule has 9 heteroatoms. The third kappa shape index (κ3) is 6.75. The molecule has 0 N–H and O–H groups in total. The van der Waals surface area contributed by atoms with Crippen LogP contribution in [0.15, 0.2) is 170 Å². The molecule has 0 radical (unpaired) electrons. The van der Waals surface area contributed by atoms with Gasteiger partial charge >= 0.3 is 5.97 Å². The number of hydrogen-bond donors (Lipinski definition) is 0. The number of aromatic nitrogens is 2.